The molecule has 0 aromatic heterocycles. The Hall–Kier alpha value is -4.90. The lowest BCUT2D eigenvalue weighted by Gasteiger charge is -2.23. The van der Waals surface area contributed by atoms with Crippen molar-refractivity contribution in [2.45, 2.75) is 63.2 Å². The monoisotopic (exact) mass is 613 g/mol. The van der Waals surface area contributed by atoms with Gasteiger partial charge in [0.05, 0.1) is 11.0 Å². The highest BCUT2D eigenvalue weighted by molar-refractivity contribution is 5.99. The number of phenols is 1. The lowest BCUT2D eigenvalue weighted by atomic mass is 9.83. The zero-order chi connectivity index (χ0) is 32.2. The first-order chi connectivity index (χ1) is 21.5. The Morgan fingerprint density at radius 3 is 2.24 bits per heavy atom. The topological polar surface area (TPSA) is 182 Å². The van der Waals surface area contributed by atoms with Crippen LogP contribution in [-0.4, -0.2) is 51.7 Å². The predicted octanol–water partition coefficient (Wildman–Crippen LogP) is 3.33. The van der Waals surface area contributed by atoms with Crippen molar-refractivity contribution in [2.75, 3.05) is 0 Å². The van der Waals surface area contributed by atoms with Gasteiger partial charge in [-0.1, -0.05) is 67.6 Å². The number of carbonyl (C=O) groups excluding carboxylic acids is 4. The van der Waals surface area contributed by atoms with E-state index in [-0.39, 0.29) is 36.9 Å². The van der Waals surface area contributed by atoms with Crippen LogP contribution < -0.4 is 11.1 Å². The van der Waals surface area contributed by atoms with Gasteiger partial charge in [0.25, 0.3) is 5.91 Å². The summed E-state index contributed by atoms with van der Waals surface area (Å²) in [5, 5.41) is 24.0. The summed E-state index contributed by atoms with van der Waals surface area (Å²) < 4.78 is 5.44. The van der Waals surface area contributed by atoms with E-state index in [0.29, 0.717) is 18.4 Å². The summed E-state index contributed by atoms with van der Waals surface area (Å²) in [6.45, 7) is 1.91. The fraction of sp³-hybridized carbons (Fsp3) is 0.353. The number of nitrogens with zero attached hydrogens (tertiary/aromatic N) is 1. The van der Waals surface area contributed by atoms with Gasteiger partial charge in [0, 0.05) is 24.8 Å². The Balaban J connectivity index is 1.30. The molecular weight excluding hydrogens is 578 g/mol. The van der Waals surface area contributed by atoms with Crippen LogP contribution in [0.4, 0.5) is 5.69 Å². The van der Waals surface area contributed by atoms with Gasteiger partial charge in [-0.15, -0.1) is 0 Å². The minimum Gasteiger partial charge on any atom is -0.502 e. The third-order valence-electron chi connectivity index (χ3n) is 8.76. The molecule has 45 heavy (non-hydrogen) atoms. The minimum atomic E-state index is -1.20. The lowest BCUT2D eigenvalue weighted by Crippen LogP contribution is -2.46. The van der Waals surface area contributed by atoms with E-state index in [0.717, 1.165) is 28.8 Å². The van der Waals surface area contributed by atoms with E-state index in [2.05, 4.69) is 5.32 Å². The summed E-state index contributed by atoms with van der Waals surface area (Å²) in [4.78, 5) is 63.2. The molecule has 3 aromatic rings. The van der Waals surface area contributed by atoms with Crippen LogP contribution in [0.5, 0.6) is 5.75 Å². The van der Waals surface area contributed by atoms with E-state index in [1.54, 1.807) is 0 Å². The maximum absolute atomic E-state index is 13.8. The first-order valence-corrected chi connectivity index (χ1v) is 14.9. The number of nitrogens with two attached hydrogens (primary N) is 1. The van der Waals surface area contributed by atoms with Gasteiger partial charge < -0.3 is 20.9 Å². The van der Waals surface area contributed by atoms with Crippen LogP contribution in [0, 0.1) is 22.0 Å². The largest absolute Gasteiger partial charge is 0.502 e. The summed E-state index contributed by atoms with van der Waals surface area (Å²) in [5.41, 5.74) is 8.69. The fourth-order valence-electron chi connectivity index (χ4n) is 6.19. The van der Waals surface area contributed by atoms with Gasteiger partial charge in [-0.2, -0.15) is 0 Å². The Bertz CT molecular complexity index is 1600. The molecule has 5 atom stereocenters. The number of nitrogens with one attached hydrogen (secondary N) is 1. The molecule has 1 unspecified atom stereocenters. The van der Waals surface area contributed by atoms with E-state index in [1.165, 1.54) is 6.07 Å². The summed E-state index contributed by atoms with van der Waals surface area (Å²) in [6, 6.07) is 19.8. The predicted molar refractivity (Wildman–Crippen MR) is 163 cm³/mol. The molecule has 1 aliphatic carbocycles. The molecule has 1 saturated heterocycles. The third kappa shape index (κ3) is 7.43. The quantitative estimate of drug-likeness (QED) is 0.141. The number of nitro groups is 1. The lowest BCUT2D eigenvalue weighted by molar-refractivity contribution is -0.385. The second-order valence-corrected chi connectivity index (χ2v) is 11.9. The molecule has 0 bridgehead atoms. The van der Waals surface area contributed by atoms with Gasteiger partial charge in [0.1, 0.15) is 0 Å². The number of amides is 2. The average Bonchev–Trinajstić information content (AvgIpc) is 3.72. The first kappa shape index (κ1) is 31.5. The standard InChI is InChI=1S/C34H35N3O8/c1-19(21-7-3-2-4-8-21)13-30(40)31-32(45-31)34(42)36-26(14-20-11-12-28(38)27(15-20)37(43)44)29(39)18-25(33(35)41)24-16-22-9-5-6-10-23(22)17-24/h2-12,15,19,24-26,31-32,38H,13-14,16-18H2,1H3,(H2,35,41)(H,36,42)/t19-,25+,26+,31+,32?/m0/s1. The smallest absolute Gasteiger partial charge is 0.310 e. The average molecular weight is 614 g/mol. The number of ether oxygens (including phenoxy) is 1. The summed E-state index contributed by atoms with van der Waals surface area (Å²) >= 11 is 0. The maximum Gasteiger partial charge on any atom is 0.310 e. The number of rotatable bonds is 14. The highest BCUT2D eigenvalue weighted by atomic mass is 16.6. The molecule has 0 spiro atoms. The number of carbonyl (C=O) groups is 4. The number of epoxide rings is 1. The second kappa shape index (κ2) is 13.4. The van der Waals surface area contributed by atoms with Crippen molar-refractivity contribution < 1.29 is 33.9 Å². The van der Waals surface area contributed by atoms with E-state index in [9.17, 15) is 34.4 Å². The maximum atomic E-state index is 13.8. The number of hydrogen-bond donors (Lipinski definition) is 3. The van der Waals surface area contributed by atoms with Crippen molar-refractivity contribution in [3.8, 4) is 5.75 Å². The fourth-order valence-corrected chi connectivity index (χ4v) is 6.19. The summed E-state index contributed by atoms with van der Waals surface area (Å²) in [6.07, 6.45) is -1.10. The van der Waals surface area contributed by atoms with Gasteiger partial charge >= 0.3 is 5.69 Å². The molecule has 5 rings (SSSR count). The second-order valence-electron chi connectivity index (χ2n) is 11.9. The van der Waals surface area contributed by atoms with Gasteiger partial charge in [0.2, 0.25) is 5.91 Å². The van der Waals surface area contributed by atoms with Crippen molar-refractivity contribution in [2.24, 2.45) is 17.6 Å². The van der Waals surface area contributed by atoms with E-state index in [1.807, 2.05) is 61.5 Å². The third-order valence-corrected chi connectivity index (χ3v) is 8.76. The number of phenolic OH excluding ortho intramolecular Hbond substituents is 1. The van der Waals surface area contributed by atoms with E-state index < -0.39 is 58.1 Å². The number of fused-ring (bicyclic) bond motifs is 1. The summed E-state index contributed by atoms with van der Waals surface area (Å²) in [7, 11) is 0. The van der Waals surface area contributed by atoms with Crippen LogP contribution in [0.2, 0.25) is 0 Å². The molecule has 0 radical (unpaired) electrons. The number of ketones is 2. The highest BCUT2D eigenvalue weighted by Crippen LogP contribution is 2.34. The Labute approximate surface area is 259 Å². The van der Waals surface area contributed by atoms with Crippen LogP contribution >= 0.6 is 0 Å². The van der Waals surface area contributed by atoms with E-state index >= 15 is 0 Å². The molecule has 11 heteroatoms. The van der Waals surface area contributed by atoms with Crippen molar-refractivity contribution in [3.05, 3.63) is 105 Å². The number of aromatic hydroxyl groups is 1. The Morgan fingerprint density at radius 2 is 1.62 bits per heavy atom. The minimum absolute atomic E-state index is 0.0846. The van der Waals surface area contributed by atoms with Crippen LogP contribution in [0.3, 0.4) is 0 Å². The molecule has 3 aromatic carbocycles. The van der Waals surface area contributed by atoms with Gasteiger partial charge in [-0.3, -0.25) is 29.3 Å². The van der Waals surface area contributed by atoms with Crippen LogP contribution in [-0.2, 0) is 43.2 Å². The van der Waals surface area contributed by atoms with Gasteiger partial charge in [-0.05, 0) is 59.4 Å². The normalized spacial score (nSPS) is 19.1. The van der Waals surface area contributed by atoms with Gasteiger partial charge in [-0.25, -0.2) is 0 Å². The van der Waals surface area contributed by atoms with Crippen molar-refractivity contribution in [3.63, 3.8) is 0 Å². The Kier molecular flexibility index (Phi) is 9.38. The SMILES string of the molecule is C[C@@H](CC(=O)[C@H]1OC1C(=O)N[C@H](Cc1ccc(O)c([N+](=O)[O-])c1)C(=O)C[C@@H](C(N)=O)C1Cc2ccccc2C1)c1ccccc1. The molecule has 234 valence electrons. The summed E-state index contributed by atoms with van der Waals surface area (Å²) in [5.74, 6) is -3.65. The van der Waals surface area contributed by atoms with Crippen molar-refractivity contribution >= 4 is 29.1 Å². The van der Waals surface area contributed by atoms with Crippen molar-refractivity contribution in [1.29, 1.82) is 0 Å². The van der Waals surface area contributed by atoms with E-state index in [4.69, 9.17) is 10.5 Å². The van der Waals surface area contributed by atoms with Crippen LogP contribution in [0.25, 0.3) is 0 Å². The molecule has 1 aliphatic heterocycles. The van der Waals surface area contributed by atoms with Crippen LogP contribution in [0.15, 0.2) is 72.8 Å². The zero-order valence-electron chi connectivity index (χ0n) is 24.8. The number of benzene rings is 3. The molecule has 11 nitrogen and oxygen atoms in total. The molecular formula is C34H35N3O8. The van der Waals surface area contributed by atoms with Gasteiger partial charge in [0.15, 0.2) is 29.5 Å². The highest BCUT2D eigenvalue weighted by Gasteiger charge is 2.50. The molecule has 2 aliphatic rings. The Morgan fingerprint density at radius 1 is 0.978 bits per heavy atom. The zero-order valence-corrected chi connectivity index (χ0v) is 24.8. The number of nitro benzene ring substituents is 1. The molecule has 4 N–H and O–H groups in total. The first-order valence-electron chi connectivity index (χ1n) is 14.9. The molecule has 0 saturated carbocycles. The number of hydrogen-bond acceptors (Lipinski definition) is 8. The van der Waals surface area contributed by atoms with Crippen molar-refractivity contribution in [1.82, 2.24) is 5.32 Å². The molecule has 1 fully saturated rings. The number of primary amides is 1. The number of Topliss-reactive ketones (excluding diaryl/α,β-unsaturated/α-hetero) is 2. The van der Waals surface area contributed by atoms with Crippen LogP contribution in [0.1, 0.15) is 47.9 Å². The molecule has 2 amide bonds. The molecule has 1 heterocycles.